The van der Waals surface area contributed by atoms with E-state index in [9.17, 15) is 29.0 Å². The highest BCUT2D eigenvalue weighted by molar-refractivity contribution is 6.03. The van der Waals surface area contributed by atoms with E-state index in [0.29, 0.717) is 36.9 Å². The third-order valence-corrected chi connectivity index (χ3v) is 10.8. The van der Waals surface area contributed by atoms with E-state index in [2.05, 4.69) is 41.8 Å². The SMILES string of the molecule is COc1ccc(C2C(CCC(O)c3ccc(F)cc3)C(=O)N2c2ccc(CNC(=O)c3ccc(Cc4ccc(C)cc4)cc3)cc2)cc1.O=CNCC(O)C(O)C(O)C(O)CO. The number of nitrogens with one attached hydrogen (secondary N) is 2. The summed E-state index contributed by atoms with van der Waals surface area (Å²) in [7, 11) is 1.61. The number of rotatable bonds is 19. The number of amides is 3. The molecule has 8 N–H and O–H groups in total. The third-order valence-electron chi connectivity index (χ3n) is 10.8. The van der Waals surface area contributed by atoms with Gasteiger partial charge in [0, 0.05) is 24.3 Å². The monoisotopic (exact) mass is 851 g/mol. The molecule has 1 saturated heterocycles. The Labute approximate surface area is 360 Å². The van der Waals surface area contributed by atoms with Crippen molar-refractivity contribution in [3.8, 4) is 5.75 Å². The number of carbonyl (C=O) groups is 3. The van der Waals surface area contributed by atoms with Crippen LogP contribution in [0.15, 0.2) is 121 Å². The number of carbonyl (C=O) groups excluding carboxylic acids is 3. The fourth-order valence-corrected chi connectivity index (χ4v) is 7.12. The quantitative estimate of drug-likeness (QED) is 0.0442. The van der Waals surface area contributed by atoms with Crippen molar-refractivity contribution in [2.24, 2.45) is 5.92 Å². The Hall–Kier alpha value is -6.00. The normalized spacial score (nSPS) is 17.0. The van der Waals surface area contributed by atoms with Crippen molar-refractivity contribution >= 4 is 23.9 Å². The molecule has 0 aromatic heterocycles. The molecule has 1 heterocycles. The van der Waals surface area contributed by atoms with Crippen LogP contribution in [0.1, 0.15) is 68.7 Å². The molecular weight excluding hydrogens is 798 g/mol. The number of β-lactam (4-membered cyclic amide) rings is 1. The Morgan fingerprint density at radius 1 is 0.790 bits per heavy atom. The zero-order chi connectivity index (χ0) is 44.8. The number of aliphatic hydroxyl groups is 6. The molecule has 5 aromatic carbocycles. The summed E-state index contributed by atoms with van der Waals surface area (Å²) in [5, 5.41) is 60.6. The molecule has 0 aliphatic carbocycles. The van der Waals surface area contributed by atoms with Crippen molar-refractivity contribution < 1.29 is 54.2 Å². The van der Waals surface area contributed by atoms with E-state index in [1.54, 1.807) is 24.1 Å². The topological polar surface area (TPSA) is 209 Å². The number of methoxy groups -OCH3 is 1. The van der Waals surface area contributed by atoms with Crippen LogP contribution in [0.3, 0.4) is 0 Å². The third kappa shape index (κ3) is 12.5. The molecule has 7 atom stereocenters. The lowest BCUT2D eigenvalue weighted by Crippen LogP contribution is -2.55. The summed E-state index contributed by atoms with van der Waals surface area (Å²) in [6, 6.07) is 37.1. The minimum Gasteiger partial charge on any atom is -0.497 e. The van der Waals surface area contributed by atoms with Gasteiger partial charge in [-0.05, 0) is 103 Å². The Balaban J connectivity index is 0.000000446. The molecule has 0 bridgehead atoms. The van der Waals surface area contributed by atoms with Crippen molar-refractivity contribution in [2.45, 2.75) is 69.3 Å². The smallest absolute Gasteiger partial charge is 0.251 e. The van der Waals surface area contributed by atoms with Crippen LogP contribution in [0, 0.1) is 18.7 Å². The van der Waals surface area contributed by atoms with Crippen LogP contribution < -0.4 is 20.3 Å². The minimum atomic E-state index is -1.66. The molecule has 6 rings (SSSR count). The maximum atomic E-state index is 13.6. The van der Waals surface area contributed by atoms with Crippen LogP contribution in [0.4, 0.5) is 10.1 Å². The van der Waals surface area contributed by atoms with Gasteiger partial charge in [0.1, 0.15) is 29.9 Å². The van der Waals surface area contributed by atoms with Gasteiger partial charge in [-0.25, -0.2) is 4.39 Å². The number of nitrogens with zero attached hydrogens (tertiary/aromatic N) is 1. The average molecular weight is 852 g/mol. The van der Waals surface area contributed by atoms with E-state index >= 15 is 0 Å². The van der Waals surface area contributed by atoms with E-state index in [-0.39, 0.29) is 36.1 Å². The van der Waals surface area contributed by atoms with Gasteiger partial charge in [-0.3, -0.25) is 14.4 Å². The van der Waals surface area contributed by atoms with Crippen molar-refractivity contribution in [3.05, 3.63) is 166 Å². The fraction of sp³-hybridized carbons (Fsp3) is 0.312. The van der Waals surface area contributed by atoms with Gasteiger partial charge in [0.2, 0.25) is 12.3 Å². The first-order valence-electron chi connectivity index (χ1n) is 20.3. The van der Waals surface area contributed by atoms with Crippen molar-refractivity contribution in [2.75, 3.05) is 25.2 Å². The van der Waals surface area contributed by atoms with Gasteiger partial charge in [-0.1, -0.05) is 78.4 Å². The highest BCUT2D eigenvalue weighted by Gasteiger charge is 2.48. The lowest BCUT2D eigenvalue weighted by molar-refractivity contribution is -0.131. The summed E-state index contributed by atoms with van der Waals surface area (Å²) in [5.41, 5.74) is 7.47. The van der Waals surface area contributed by atoms with Gasteiger partial charge in [0.15, 0.2) is 0 Å². The van der Waals surface area contributed by atoms with Crippen molar-refractivity contribution in [1.82, 2.24) is 10.6 Å². The average Bonchev–Trinajstić information content (AvgIpc) is 3.30. The van der Waals surface area contributed by atoms with Gasteiger partial charge < -0.3 is 50.9 Å². The summed E-state index contributed by atoms with van der Waals surface area (Å²) < 4.78 is 18.7. The molecule has 7 unspecified atom stereocenters. The summed E-state index contributed by atoms with van der Waals surface area (Å²) in [4.78, 5) is 38.1. The fourth-order valence-electron chi connectivity index (χ4n) is 7.12. The zero-order valence-electron chi connectivity index (χ0n) is 34.5. The summed E-state index contributed by atoms with van der Waals surface area (Å²) in [6.07, 6.45) is -5.05. The van der Waals surface area contributed by atoms with Crippen molar-refractivity contribution in [3.63, 3.8) is 0 Å². The number of hydrogen-bond acceptors (Lipinski definition) is 10. The molecule has 0 radical (unpaired) electrons. The van der Waals surface area contributed by atoms with Gasteiger partial charge in [-0.2, -0.15) is 0 Å². The lowest BCUT2D eigenvalue weighted by Gasteiger charge is -2.48. The Morgan fingerprint density at radius 3 is 1.95 bits per heavy atom. The van der Waals surface area contributed by atoms with Gasteiger partial charge >= 0.3 is 0 Å². The maximum absolute atomic E-state index is 13.6. The van der Waals surface area contributed by atoms with Crippen LogP contribution in [0.5, 0.6) is 5.75 Å². The lowest BCUT2D eigenvalue weighted by atomic mass is 9.78. The van der Waals surface area contributed by atoms with E-state index in [1.165, 1.54) is 23.3 Å². The number of ether oxygens (including phenoxy) is 1. The van der Waals surface area contributed by atoms with Crippen LogP contribution in [0.25, 0.3) is 0 Å². The molecule has 13 nitrogen and oxygen atoms in total. The number of anilines is 1. The maximum Gasteiger partial charge on any atom is 0.251 e. The zero-order valence-corrected chi connectivity index (χ0v) is 34.5. The van der Waals surface area contributed by atoms with Crippen LogP contribution >= 0.6 is 0 Å². The number of benzene rings is 5. The predicted molar refractivity (Wildman–Crippen MR) is 231 cm³/mol. The molecule has 1 aliphatic rings. The number of halogens is 1. The number of aliphatic hydroxyl groups excluding tert-OH is 6. The first-order chi connectivity index (χ1) is 29.8. The van der Waals surface area contributed by atoms with Crippen LogP contribution in [-0.2, 0) is 22.6 Å². The molecule has 1 aliphatic heterocycles. The van der Waals surface area contributed by atoms with E-state index in [0.717, 1.165) is 34.5 Å². The molecule has 0 spiro atoms. The van der Waals surface area contributed by atoms with Gasteiger partial charge in [0.25, 0.3) is 5.91 Å². The highest BCUT2D eigenvalue weighted by Crippen LogP contribution is 2.46. The minimum absolute atomic E-state index is 0.0194. The largest absolute Gasteiger partial charge is 0.497 e. The van der Waals surface area contributed by atoms with Gasteiger partial charge in [-0.15, -0.1) is 0 Å². The summed E-state index contributed by atoms with van der Waals surface area (Å²) in [6.45, 7) is 1.44. The second-order valence-electron chi connectivity index (χ2n) is 15.2. The second-order valence-corrected chi connectivity index (χ2v) is 15.2. The van der Waals surface area contributed by atoms with Crippen LogP contribution in [0.2, 0.25) is 0 Å². The molecule has 328 valence electrons. The second kappa shape index (κ2) is 22.7. The molecular formula is C48H54FN3O10. The first-order valence-corrected chi connectivity index (χ1v) is 20.3. The molecule has 62 heavy (non-hydrogen) atoms. The standard InChI is InChI=1S/C41H39FN2O4.C7H15NO6/c1-27-3-5-28(6-4-27)25-29-7-11-33(12-8-29)40(46)43-26-30-9-19-35(20-10-30)44-39(32-15-21-36(48-2)22-16-32)37(41(44)47)23-24-38(45)31-13-17-34(42)18-14-31;9-2-5(12)7(14)6(13)4(11)1-8-3-10/h3-22,37-39,45H,23-26H2,1-2H3,(H,43,46);3-7,9,11-14H,1-2H2,(H,8,10). The van der Waals surface area contributed by atoms with E-state index in [1.807, 2.05) is 72.8 Å². The molecule has 3 amide bonds. The summed E-state index contributed by atoms with van der Waals surface area (Å²) in [5.74, 6) is -0.124. The number of hydrogen-bond donors (Lipinski definition) is 8. The summed E-state index contributed by atoms with van der Waals surface area (Å²) >= 11 is 0. The molecule has 5 aromatic rings. The predicted octanol–water partition coefficient (Wildman–Crippen LogP) is 4.05. The Kier molecular flexibility index (Phi) is 17.3. The Bertz CT molecular complexity index is 2170. The molecule has 1 fully saturated rings. The molecule has 0 saturated carbocycles. The highest BCUT2D eigenvalue weighted by atomic mass is 19.1. The molecule has 14 heteroatoms. The van der Waals surface area contributed by atoms with E-state index < -0.39 is 37.1 Å². The first kappa shape index (κ1) is 47.1. The van der Waals surface area contributed by atoms with Crippen LogP contribution in [-0.4, -0.2) is 93.5 Å². The van der Waals surface area contributed by atoms with Gasteiger partial charge in [0.05, 0.1) is 37.9 Å². The Morgan fingerprint density at radius 2 is 1.37 bits per heavy atom. The van der Waals surface area contributed by atoms with E-state index in [4.69, 9.17) is 25.2 Å². The van der Waals surface area contributed by atoms with Crippen molar-refractivity contribution in [1.29, 1.82) is 0 Å². The number of aryl methyl sites for hydroxylation is 1.